The topological polar surface area (TPSA) is 68.0 Å². The first-order valence-electron chi connectivity index (χ1n) is 11.4. The lowest BCUT2D eigenvalue weighted by Gasteiger charge is -2.32. The van der Waals surface area contributed by atoms with E-state index in [4.69, 9.17) is 4.98 Å². The number of piperidine rings is 1. The predicted molar refractivity (Wildman–Crippen MR) is 125 cm³/mol. The summed E-state index contributed by atoms with van der Waals surface area (Å²) in [5.41, 5.74) is 4.98. The summed E-state index contributed by atoms with van der Waals surface area (Å²) in [5.74, 6) is 1.51. The molecule has 2 aromatic heterocycles. The van der Waals surface area contributed by atoms with Crippen LogP contribution in [0.4, 0.5) is 5.69 Å². The van der Waals surface area contributed by atoms with Crippen molar-refractivity contribution in [3.8, 4) is 0 Å². The fourth-order valence-electron chi connectivity index (χ4n) is 4.87. The summed E-state index contributed by atoms with van der Waals surface area (Å²) < 4.78 is 4.30. The average molecular weight is 423 g/mol. The van der Waals surface area contributed by atoms with E-state index in [2.05, 4.69) is 58.9 Å². The SMILES string of the molecule is CCn1nc(C)c(NC(=O)CN2CCCC(c3nc4ccccc4n3C(C)C)C2)c1C. The highest BCUT2D eigenvalue weighted by molar-refractivity contribution is 5.93. The van der Waals surface area contributed by atoms with Crippen molar-refractivity contribution in [1.82, 2.24) is 24.2 Å². The molecule has 1 N–H and O–H groups in total. The summed E-state index contributed by atoms with van der Waals surface area (Å²) in [6.45, 7) is 13.4. The number of fused-ring (bicyclic) bond motifs is 1. The van der Waals surface area contributed by atoms with E-state index < -0.39 is 0 Å². The Labute approximate surface area is 184 Å². The van der Waals surface area contributed by atoms with Crippen LogP contribution < -0.4 is 5.32 Å². The van der Waals surface area contributed by atoms with Crippen molar-refractivity contribution in [2.75, 3.05) is 25.0 Å². The van der Waals surface area contributed by atoms with E-state index in [1.165, 1.54) is 5.52 Å². The van der Waals surface area contributed by atoms with Gasteiger partial charge in [0.15, 0.2) is 0 Å². The molecule has 1 atom stereocenters. The van der Waals surface area contributed by atoms with E-state index >= 15 is 0 Å². The molecule has 31 heavy (non-hydrogen) atoms. The molecule has 0 aliphatic carbocycles. The van der Waals surface area contributed by atoms with Gasteiger partial charge in [-0.1, -0.05) is 12.1 Å². The second-order valence-electron chi connectivity index (χ2n) is 8.91. The minimum absolute atomic E-state index is 0.0277. The van der Waals surface area contributed by atoms with Gasteiger partial charge < -0.3 is 9.88 Å². The van der Waals surface area contributed by atoms with Crippen LogP contribution in [0.15, 0.2) is 24.3 Å². The van der Waals surface area contributed by atoms with E-state index in [9.17, 15) is 4.79 Å². The van der Waals surface area contributed by atoms with Crippen molar-refractivity contribution in [3.63, 3.8) is 0 Å². The number of imidazole rings is 1. The Morgan fingerprint density at radius 2 is 2.03 bits per heavy atom. The second kappa shape index (κ2) is 8.83. The normalized spacial score (nSPS) is 17.5. The van der Waals surface area contributed by atoms with Gasteiger partial charge in [-0.3, -0.25) is 14.4 Å². The van der Waals surface area contributed by atoms with Crippen LogP contribution in [0.1, 0.15) is 62.8 Å². The van der Waals surface area contributed by atoms with Crippen LogP contribution in [-0.2, 0) is 11.3 Å². The summed E-state index contributed by atoms with van der Waals surface area (Å²) in [6.07, 6.45) is 2.18. The maximum atomic E-state index is 12.8. The summed E-state index contributed by atoms with van der Waals surface area (Å²) in [7, 11) is 0. The number of nitrogens with one attached hydrogen (secondary N) is 1. The van der Waals surface area contributed by atoms with Gasteiger partial charge in [0, 0.05) is 25.0 Å². The summed E-state index contributed by atoms with van der Waals surface area (Å²) in [6, 6.07) is 8.72. The molecule has 4 rings (SSSR count). The van der Waals surface area contributed by atoms with Gasteiger partial charge >= 0.3 is 0 Å². The number of nitrogens with zero attached hydrogens (tertiary/aromatic N) is 5. The maximum Gasteiger partial charge on any atom is 0.238 e. The van der Waals surface area contributed by atoms with Gasteiger partial charge in [0.1, 0.15) is 5.82 Å². The zero-order chi connectivity index (χ0) is 22.1. The zero-order valence-electron chi connectivity index (χ0n) is 19.4. The molecule has 1 aliphatic rings. The quantitative estimate of drug-likeness (QED) is 0.644. The van der Waals surface area contributed by atoms with Crippen LogP contribution in [0.5, 0.6) is 0 Å². The molecule has 0 spiro atoms. The van der Waals surface area contributed by atoms with Crippen molar-refractivity contribution < 1.29 is 4.79 Å². The highest BCUT2D eigenvalue weighted by atomic mass is 16.2. The molecule has 1 fully saturated rings. The number of carbonyl (C=O) groups is 1. The lowest BCUT2D eigenvalue weighted by atomic mass is 9.96. The first-order valence-corrected chi connectivity index (χ1v) is 11.4. The lowest BCUT2D eigenvalue weighted by Crippen LogP contribution is -2.40. The molecule has 3 heterocycles. The van der Waals surface area contributed by atoms with Gasteiger partial charge in [-0.15, -0.1) is 0 Å². The number of hydrogen-bond donors (Lipinski definition) is 1. The number of aromatic nitrogens is 4. The van der Waals surface area contributed by atoms with Gasteiger partial charge in [0.25, 0.3) is 0 Å². The van der Waals surface area contributed by atoms with Gasteiger partial charge in [-0.2, -0.15) is 5.10 Å². The third-order valence-corrected chi connectivity index (χ3v) is 6.32. The van der Waals surface area contributed by atoms with Crippen LogP contribution in [-0.4, -0.2) is 49.8 Å². The Hall–Kier alpha value is -2.67. The van der Waals surface area contributed by atoms with Gasteiger partial charge in [0.05, 0.1) is 34.7 Å². The third kappa shape index (κ3) is 4.24. The lowest BCUT2D eigenvalue weighted by molar-refractivity contribution is -0.117. The van der Waals surface area contributed by atoms with Crippen LogP contribution in [0, 0.1) is 13.8 Å². The van der Waals surface area contributed by atoms with Gasteiger partial charge in [-0.05, 0) is 66.1 Å². The Balaban J connectivity index is 1.48. The summed E-state index contributed by atoms with van der Waals surface area (Å²) in [5, 5.41) is 7.61. The Bertz CT molecular complexity index is 1080. The first kappa shape index (κ1) is 21.6. The summed E-state index contributed by atoms with van der Waals surface area (Å²) in [4.78, 5) is 20.1. The largest absolute Gasteiger partial charge is 0.325 e. The highest BCUT2D eigenvalue weighted by Crippen LogP contribution is 2.31. The standard InChI is InChI=1S/C24H34N6O/c1-6-29-18(5)23(17(4)27-29)26-22(31)15-28-13-9-10-19(14-28)24-25-20-11-7-8-12-21(20)30(24)16(2)3/h7-8,11-12,16,19H,6,9-10,13-15H2,1-5H3,(H,26,31). The van der Waals surface area contributed by atoms with E-state index in [0.29, 0.717) is 18.5 Å². The minimum Gasteiger partial charge on any atom is -0.325 e. The Morgan fingerprint density at radius 3 is 2.74 bits per heavy atom. The van der Waals surface area contributed by atoms with Crippen LogP contribution in [0.3, 0.4) is 0 Å². The number of benzene rings is 1. The number of likely N-dealkylation sites (tertiary alicyclic amines) is 1. The molecule has 0 bridgehead atoms. The number of aryl methyl sites for hydroxylation is 2. The molecule has 1 aliphatic heterocycles. The number of para-hydroxylation sites is 2. The molecule has 1 unspecified atom stereocenters. The predicted octanol–water partition coefficient (Wildman–Crippen LogP) is 4.27. The molecule has 1 saturated heterocycles. The molecular formula is C24H34N6O. The number of hydrogen-bond acceptors (Lipinski definition) is 4. The van der Waals surface area contributed by atoms with Crippen molar-refractivity contribution in [1.29, 1.82) is 0 Å². The zero-order valence-corrected chi connectivity index (χ0v) is 19.4. The van der Waals surface area contributed by atoms with Crippen molar-refractivity contribution in [2.45, 2.75) is 66.0 Å². The molecule has 7 nitrogen and oxygen atoms in total. The molecule has 1 aromatic carbocycles. The maximum absolute atomic E-state index is 12.8. The van der Waals surface area contributed by atoms with E-state index in [0.717, 1.165) is 60.9 Å². The first-order chi connectivity index (χ1) is 14.9. The molecule has 3 aromatic rings. The molecule has 0 radical (unpaired) electrons. The minimum atomic E-state index is 0.0277. The van der Waals surface area contributed by atoms with Crippen LogP contribution in [0.25, 0.3) is 11.0 Å². The fourth-order valence-corrected chi connectivity index (χ4v) is 4.87. The number of anilines is 1. The number of amides is 1. The van der Waals surface area contributed by atoms with Crippen LogP contribution in [0.2, 0.25) is 0 Å². The van der Waals surface area contributed by atoms with Crippen LogP contribution >= 0.6 is 0 Å². The van der Waals surface area contributed by atoms with Gasteiger partial charge in [-0.25, -0.2) is 4.98 Å². The Morgan fingerprint density at radius 1 is 1.26 bits per heavy atom. The number of carbonyl (C=O) groups excluding carboxylic acids is 1. The average Bonchev–Trinajstić information content (AvgIpc) is 3.27. The van der Waals surface area contributed by atoms with Gasteiger partial charge in [0.2, 0.25) is 5.91 Å². The molecular weight excluding hydrogens is 388 g/mol. The smallest absolute Gasteiger partial charge is 0.238 e. The monoisotopic (exact) mass is 422 g/mol. The molecule has 166 valence electrons. The highest BCUT2D eigenvalue weighted by Gasteiger charge is 2.28. The number of rotatable bonds is 6. The Kier molecular flexibility index (Phi) is 6.14. The van der Waals surface area contributed by atoms with E-state index in [1.807, 2.05) is 24.6 Å². The molecule has 7 heteroatoms. The molecule has 1 amide bonds. The molecule has 0 saturated carbocycles. The van der Waals surface area contributed by atoms with Crippen molar-refractivity contribution in [2.24, 2.45) is 0 Å². The summed E-state index contributed by atoms with van der Waals surface area (Å²) >= 11 is 0. The second-order valence-corrected chi connectivity index (χ2v) is 8.91. The fraction of sp³-hybridized carbons (Fsp3) is 0.542. The van der Waals surface area contributed by atoms with E-state index in [1.54, 1.807) is 0 Å². The van der Waals surface area contributed by atoms with Crippen molar-refractivity contribution in [3.05, 3.63) is 41.5 Å². The van der Waals surface area contributed by atoms with Crippen molar-refractivity contribution >= 4 is 22.6 Å². The van der Waals surface area contributed by atoms with E-state index in [-0.39, 0.29) is 5.91 Å². The third-order valence-electron chi connectivity index (χ3n) is 6.32.